The summed E-state index contributed by atoms with van der Waals surface area (Å²) in [5.41, 5.74) is -0.0822. The second-order valence-electron chi connectivity index (χ2n) is 4.18. The number of rotatable bonds is 2. The minimum Gasteiger partial charge on any atom is -0.442 e. The number of hydrogen-bond acceptors (Lipinski definition) is 6. The maximum Gasteiger partial charge on any atom is 0.262 e. The Morgan fingerprint density at radius 3 is 2.90 bits per heavy atom. The van der Waals surface area contributed by atoms with Crippen molar-refractivity contribution in [2.45, 2.75) is 13.8 Å². The lowest BCUT2D eigenvalue weighted by Gasteiger charge is -1.99. The molecule has 1 amide bonds. The van der Waals surface area contributed by atoms with Crippen LogP contribution in [0.1, 0.15) is 21.0 Å². The highest BCUT2D eigenvalue weighted by molar-refractivity contribution is 7.15. The summed E-state index contributed by atoms with van der Waals surface area (Å²) >= 11 is 1.35. The fourth-order valence-electron chi connectivity index (χ4n) is 1.90. The molecule has 3 aromatic rings. The molecule has 2 N–H and O–H groups in total. The van der Waals surface area contributed by atoms with Gasteiger partial charge in [-0.05, 0) is 13.8 Å². The van der Waals surface area contributed by atoms with Gasteiger partial charge in [-0.15, -0.1) is 11.3 Å². The summed E-state index contributed by atoms with van der Waals surface area (Å²) in [6.07, 6.45) is 2.90. The number of thiazole rings is 1. The van der Waals surface area contributed by atoms with Crippen molar-refractivity contribution in [3.05, 3.63) is 39.1 Å². The summed E-state index contributed by atoms with van der Waals surface area (Å²) in [6, 6.07) is 0. The number of anilines is 1. The van der Waals surface area contributed by atoms with E-state index in [2.05, 4.69) is 20.3 Å². The molecule has 0 saturated heterocycles. The summed E-state index contributed by atoms with van der Waals surface area (Å²) in [5.74, 6) is -0.0934. The summed E-state index contributed by atoms with van der Waals surface area (Å²) in [6.45, 7) is 3.50. The Kier molecular flexibility index (Phi) is 2.87. The third-order valence-corrected chi connectivity index (χ3v) is 3.57. The van der Waals surface area contributed by atoms with Crippen molar-refractivity contribution in [2.24, 2.45) is 0 Å². The number of furan rings is 1. The highest BCUT2D eigenvalue weighted by Crippen LogP contribution is 2.23. The van der Waals surface area contributed by atoms with E-state index < -0.39 is 11.5 Å². The first-order valence-electron chi connectivity index (χ1n) is 5.77. The molecule has 3 aromatic heterocycles. The summed E-state index contributed by atoms with van der Waals surface area (Å²) < 4.78 is 5.33. The number of carbonyl (C=O) groups is 1. The van der Waals surface area contributed by atoms with Crippen LogP contribution < -0.4 is 10.9 Å². The Morgan fingerprint density at radius 2 is 2.20 bits per heavy atom. The minimum absolute atomic E-state index is 0.145. The van der Waals surface area contributed by atoms with Gasteiger partial charge in [-0.25, -0.2) is 9.97 Å². The molecular formula is C12H10N4O3S. The molecule has 0 aromatic carbocycles. The molecule has 3 heterocycles. The first-order valence-corrected chi connectivity index (χ1v) is 6.58. The molecule has 0 saturated carbocycles. The average molecular weight is 290 g/mol. The summed E-state index contributed by atoms with van der Waals surface area (Å²) in [7, 11) is 0. The van der Waals surface area contributed by atoms with Gasteiger partial charge in [-0.3, -0.25) is 14.9 Å². The number of aryl methyl sites for hydroxylation is 2. The number of aromatic nitrogens is 3. The molecule has 8 heteroatoms. The van der Waals surface area contributed by atoms with Gasteiger partial charge in [0.2, 0.25) is 5.71 Å². The molecule has 20 heavy (non-hydrogen) atoms. The molecule has 0 fully saturated rings. The van der Waals surface area contributed by atoms with E-state index >= 15 is 0 Å². The van der Waals surface area contributed by atoms with E-state index in [9.17, 15) is 9.59 Å². The standard InChI is InChI=1S/C12H10N4O3S/c1-5-3-13-12(20-5)16-10(18)7-6(2)19-11-8(7)9(17)14-4-15-11/h3-4H,1-2H3,(H,13,16,18)(H,14,15,17). The van der Waals surface area contributed by atoms with E-state index in [1.165, 1.54) is 17.7 Å². The van der Waals surface area contributed by atoms with Crippen molar-refractivity contribution in [2.75, 3.05) is 5.32 Å². The van der Waals surface area contributed by atoms with Crippen LogP contribution in [0.2, 0.25) is 0 Å². The molecule has 0 aliphatic heterocycles. The van der Waals surface area contributed by atoms with E-state index in [1.807, 2.05) is 6.92 Å². The highest BCUT2D eigenvalue weighted by atomic mass is 32.1. The molecule has 0 bridgehead atoms. The summed E-state index contributed by atoms with van der Waals surface area (Å²) in [4.78, 5) is 35.5. The van der Waals surface area contributed by atoms with Crippen LogP contribution in [0.15, 0.2) is 21.7 Å². The SMILES string of the molecule is Cc1cnc(NC(=O)c2c(C)oc3nc[nH]c(=O)c23)s1. The quantitative estimate of drug-likeness (QED) is 0.750. The first kappa shape index (κ1) is 12.5. The average Bonchev–Trinajstić information content (AvgIpc) is 2.93. The number of nitrogens with zero attached hydrogens (tertiary/aromatic N) is 2. The van der Waals surface area contributed by atoms with Gasteiger partial charge in [-0.1, -0.05) is 0 Å². The Labute approximate surface area is 116 Å². The second kappa shape index (κ2) is 4.57. The van der Waals surface area contributed by atoms with Crippen LogP contribution in [0, 0.1) is 13.8 Å². The minimum atomic E-state index is -0.436. The Morgan fingerprint density at radius 1 is 1.40 bits per heavy atom. The van der Waals surface area contributed by atoms with Crippen LogP contribution in [-0.4, -0.2) is 20.9 Å². The first-order chi connectivity index (χ1) is 9.56. The zero-order chi connectivity index (χ0) is 14.3. The Hall–Kier alpha value is -2.48. The molecule has 0 spiro atoms. The van der Waals surface area contributed by atoms with Gasteiger partial charge < -0.3 is 9.40 Å². The third-order valence-electron chi connectivity index (χ3n) is 2.74. The van der Waals surface area contributed by atoms with Crippen molar-refractivity contribution in [3.63, 3.8) is 0 Å². The lowest BCUT2D eigenvalue weighted by atomic mass is 10.2. The van der Waals surface area contributed by atoms with Crippen LogP contribution in [0.3, 0.4) is 0 Å². The van der Waals surface area contributed by atoms with Crippen molar-refractivity contribution < 1.29 is 9.21 Å². The Balaban J connectivity index is 2.07. The number of aromatic amines is 1. The summed E-state index contributed by atoms with van der Waals surface area (Å²) in [5, 5.41) is 3.28. The van der Waals surface area contributed by atoms with E-state index in [0.29, 0.717) is 10.9 Å². The van der Waals surface area contributed by atoms with Crippen molar-refractivity contribution in [1.29, 1.82) is 0 Å². The smallest absolute Gasteiger partial charge is 0.262 e. The van der Waals surface area contributed by atoms with E-state index in [4.69, 9.17) is 4.42 Å². The molecule has 0 radical (unpaired) electrons. The number of amides is 1. The van der Waals surface area contributed by atoms with Gasteiger partial charge in [0.1, 0.15) is 11.1 Å². The zero-order valence-electron chi connectivity index (χ0n) is 10.7. The van der Waals surface area contributed by atoms with Crippen LogP contribution in [-0.2, 0) is 0 Å². The van der Waals surface area contributed by atoms with Crippen molar-refractivity contribution in [1.82, 2.24) is 15.0 Å². The lowest BCUT2D eigenvalue weighted by Crippen LogP contribution is -2.16. The van der Waals surface area contributed by atoms with Gasteiger partial charge in [0.05, 0.1) is 11.9 Å². The number of fused-ring (bicyclic) bond motifs is 1. The molecule has 3 rings (SSSR count). The number of hydrogen-bond donors (Lipinski definition) is 2. The normalized spacial score (nSPS) is 10.9. The fraction of sp³-hybridized carbons (Fsp3) is 0.167. The maximum absolute atomic E-state index is 12.3. The molecule has 0 atom stereocenters. The molecule has 0 aliphatic rings. The predicted molar refractivity (Wildman–Crippen MR) is 74.2 cm³/mol. The molecule has 102 valence electrons. The number of H-pyrrole nitrogens is 1. The molecular weight excluding hydrogens is 280 g/mol. The van der Waals surface area contributed by atoms with Gasteiger partial charge in [-0.2, -0.15) is 0 Å². The van der Waals surface area contributed by atoms with Crippen LogP contribution >= 0.6 is 11.3 Å². The number of carbonyl (C=O) groups excluding carboxylic acids is 1. The third kappa shape index (κ3) is 1.99. The second-order valence-corrected chi connectivity index (χ2v) is 5.41. The molecule has 0 unspecified atom stereocenters. The maximum atomic E-state index is 12.3. The van der Waals surface area contributed by atoms with Gasteiger partial charge >= 0.3 is 0 Å². The monoisotopic (exact) mass is 290 g/mol. The van der Waals surface area contributed by atoms with Crippen LogP contribution in [0.25, 0.3) is 11.1 Å². The van der Waals surface area contributed by atoms with Crippen molar-refractivity contribution >= 4 is 33.5 Å². The van der Waals surface area contributed by atoms with Gasteiger partial charge in [0.15, 0.2) is 5.13 Å². The number of nitrogens with one attached hydrogen (secondary N) is 2. The predicted octanol–water partition coefficient (Wildman–Crippen LogP) is 1.84. The van der Waals surface area contributed by atoms with E-state index in [0.717, 1.165) is 4.88 Å². The zero-order valence-corrected chi connectivity index (χ0v) is 11.5. The largest absolute Gasteiger partial charge is 0.442 e. The molecule has 0 aliphatic carbocycles. The van der Waals surface area contributed by atoms with Crippen LogP contribution in [0.4, 0.5) is 5.13 Å². The topological polar surface area (TPSA) is 101 Å². The van der Waals surface area contributed by atoms with Gasteiger partial charge in [0.25, 0.3) is 11.5 Å². The van der Waals surface area contributed by atoms with E-state index in [1.54, 1.807) is 13.1 Å². The van der Waals surface area contributed by atoms with Gasteiger partial charge in [0, 0.05) is 11.1 Å². The molecule has 7 nitrogen and oxygen atoms in total. The fourth-order valence-corrected chi connectivity index (χ4v) is 2.56. The Bertz CT molecular complexity index is 861. The lowest BCUT2D eigenvalue weighted by molar-refractivity contribution is 0.102. The van der Waals surface area contributed by atoms with E-state index in [-0.39, 0.29) is 16.7 Å². The van der Waals surface area contributed by atoms with Crippen LogP contribution in [0.5, 0.6) is 0 Å². The van der Waals surface area contributed by atoms with Crippen molar-refractivity contribution in [3.8, 4) is 0 Å². The highest BCUT2D eigenvalue weighted by Gasteiger charge is 2.22.